The SMILES string of the molecule is CC(C)NCCCSC(C)CCN. The Bertz CT molecular complexity index is 107. The lowest BCUT2D eigenvalue weighted by Crippen LogP contribution is -2.24. The molecule has 2 nitrogen and oxygen atoms in total. The quantitative estimate of drug-likeness (QED) is 0.593. The summed E-state index contributed by atoms with van der Waals surface area (Å²) in [4.78, 5) is 0. The van der Waals surface area contributed by atoms with Crippen molar-refractivity contribution in [2.24, 2.45) is 5.73 Å². The molecular formula is C10H24N2S. The number of nitrogens with two attached hydrogens (primary N) is 1. The number of hydrogen-bond acceptors (Lipinski definition) is 3. The predicted octanol–water partition coefficient (Wildman–Crippen LogP) is 1.84. The van der Waals surface area contributed by atoms with Crippen LogP contribution in [0.3, 0.4) is 0 Å². The van der Waals surface area contributed by atoms with Crippen LogP contribution in [-0.2, 0) is 0 Å². The summed E-state index contributed by atoms with van der Waals surface area (Å²) in [6.45, 7) is 8.58. The second-order valence-corrected chi connectivity index (χ2v) is 5.27. The van der Waals surface area contributed by atoms with Crippen LogP contribution in [0, 0.1) is 0 Å². The van der Waals surface area contributed by atoms with Crippen LogP contribution in [0.2, 0.25) is 0 Å². The molecule has 0 aliphatic carbocycles. The summed E-state index contributed by atoms with van der Waals surface area (Å²) in [6, 6.07) is 0.617. The predicted molar refractivity (Wildman–Crippen MR) is 63.3 cm³/mol. The van der Waals surface area contributed by atoms with Crippen LogP contribution in [0.15, 0.2) is 0 Å². The van der Waals surface area contributed by atoms with Gasteiger partial charge in [-0.1, -0.05) is 20.8 Å². The van der Waals surface area contributed by atoms with Crippen molar-refractivity contribution in [1.29, 1.82) is 0 Å². The average molecular weight is 204 g/mol. The van der Waals surface area contributed by atoms with Gasteiger partial charge in [0.05, 0.1) is 0 Å². The zero-order valence-corrected chi connectivity index (χ0v) is 9.99. The Labute approximate surface area is 87.0 Å². The minimum atomic E-state index is 0.617. The molecule has 0 aliphatic heterocycles. The van der Waals surface area contributed by atoms with E-state index in [0.717, 1.165) is 24.8 Å². The van der Waals surface area contributed by atoms with E-state index in [-0.39, 0.29) is 0 Å². The topological polar surface area (TPSA) is 38.0 Å². The lowest BCUT2D eigenvalue weighted by molar-refractivity contribution is 0.585. The fourth-order valence-corrected chi connectivity index (χ4v) is 2.08. The maximum Gasteiger partial charge on any atom is 0.00307 e. The monoisotopic (exact) mass is 204 g/mol. The molecule has 0 radical (unpaired) electrons. The van der Waals surface area contributed by atoms with Crippen molar-refractivity contribution in [3.05, 3.63) is 0 Å². The molecule has 1 unspecified atom stereocenters. The molecule has 0 spiro atoms. The molecular weight excluding hydrogens is 180 g/mol. The minimum absolute atomic E-state index is 0.617. The average Bonchev–Trinajstić information content (AvgIpc) is 2.03. The Morgan fingerprint density at radius 3 is 2.54 bits per heavy atom. The molecule has 0 aromatic heterocycles. The van der Waals surface area contributed by atoms with Gasteiger partial charge in [-0.2, -0.15) is 11.8 Å². The van der Waals surface area contributed by atoms with Crippen molar-refractivity contribution in [2.45, 2.75) is 44.9 Å². The van der Waals surface area contributed by atoms with Gasteiger partial charge in [-0.3, -0.25) is 0 Å². The Morgan fingerprint density at radius 1 is 1.31 bits per heavy atom. The molecule has 13 heavy (non-hydrogen) atoms. The van der Waals surface area contributed by atoms with E-state index >= 15 is 0 Å². The van der Waals surface area contributed by atoms with Gasteiger partial charge in [-0.25, -0.2) is 0 Å². The van der Waals surface area contributed by atoms with Gasteiger partial charge in [0.1, 0.15) is 0 Å². The molecule has 1 atom stereocenters. The van der Waals surface area contributed by atoms with E-state index in [2.05, 4.69) is 26.1 Å². The van der Waals surface area contributed by atoms with Gasteiger partial charge in [-0.15, -0.1) is 0 Å². The first-order valence-corrected chi connectivity index (χ1v) is 6.26. The summed E-state index contributed by atoms with van der Waals surface area (Å²) in [7, 11) is 0. The Hall–Kier alpha value is 0.270. The molecule has 0 bridgehead atoms. The molecule has 0 fully saturated rings. The van der Waals surface area contributed by atoms with E-state index in [0.29, 0.717) is 6.04 Å². The molecule has 0 aliphatic rings. The largest absolute Gasteiger partial charge is 0.330 e. The highest BCUT2D eigenvalue weighted by Crippen LogP contribution is 2.13. The summed E-state index contributed by atoms with van der Waals surface area (Å²) in [6.07, 6.45) is 2.40. The fraction of sp³-hybridized carbons (Fsp3) is 1.00. The fourth-order valence-electron chi connectivity index (χ4n) is 1.07. The number of thioether (sulfide) groups is 1. The summed E-state index contributed by atoms with van der Waals surface area (Å²) in [5.74, 6) is 1.25. The third kappa shape index (κ3) is 10.2. The van der Waals surface area contributed by atoms with Crippen LogP contribution < -0.4 is 11.1 Å². The number of rotatable bonds is 8. The highest BCUT2D eigenvalue weighted by Gasteiger charge is 2.00. The lowest BCUT2D eigenvalue weighted by atomic mass is 10.3. The van der Waals surface area contributed by atoms with E-state index in [1.807, 2.05) is 11.8 Å². The van der Waals surface area contributed by atoms with E-state index in [1.165, 1.54) is 12.2 Å². The molecule has 0 rings (SSSR count). The molecule has 0 saturated heterocycles. The normalized spacial score (nSPS) is 13.6. The first-order valence-electron chi connectivity index (χ1n) is 5.22. The summed E-state index contributed by atoms with van der Waals surface area (Å²) in [5.41, 5.74) is 5.47. The van der Waals surface area contributed by atoms with Gasteiger partial charge in [-0.05, 0) is 31.7 Å². The van der Waals surface area contributed by atoms with E-state index in [1.54, 1.807) is 0 Å². The third-order valence-electron chi connectivity index (χ3n) is 1.85. The molecule has 80 valence electrons. The van der Waals surface area contributed by atoms with Gasteiger partial charge in [0.15, 0.2) is 0 Å². The van der Waals surface area contributed by atoms with Crippen molar-refractivity contribution in [1.82, 2.24) is 5.32 Å². The van der Waals surface area contributed by atoms with Crippen molar-refractivity contribution in [3.63, 3.8) is 0 Å². The molecule has 0 aromatic rings. The van der Waals surface area contributed by atoms with Crippen LogP contribution >= 0.6 is 11.8 Å². The molecule has 0 aromatic carbocycles. The van der Waals surface area contributed by atoms with Crippen molar-refractivity contribution in [2.75, 3.05) is 18.8 Å². The molecule has 0 heterocycles. The van der Waals surface area contributed by atoms with Gasteiger partial charge in [0, 0.05) is 11.3 Å². The molecule has 3 heteroatoms. The van der Waals surface area contributed by atoms with Crippen molar-refractivity contribution < 1.29 is 0 Å². The Kier molecular flexibility index (Phi) is 9.03. The molecule has 3 N–H and O–H groups in total. The van der Waals surface area contributed by atoms with Crippen LogP contribution in [0.5, 0.6) is 0 Å². The van der Waals surface area contributed by atoms with Crippen molar-refractivity contribution in [3.8, 4) is 0 Å². The van der Waals surface area contributed by atoms with Gasteiger partial charge < -0.3 is 11.1 Å². The first-order chi connectivity index (χ1) is 6.16. The maximum absolute atomic E-state index is 5.47. The van der Waals surface area contributed by atoms with Crippen molar-refractivity contribution >= 4 is 11.8 Å². The summed E-state index contributed by atoms with van der Waals surface area (Å²) in [5, 5.41) is 4.14. The minimum Gasteiger partial charge on any atom is -0.330 e. The second-order valence-electron chi connectivity index (χ2n) is 3.72. The zero-order chi connectivity index (χ0) is 10.1. The molecule has 0 saturated carbocycles. The second kappa shape index (κ2) is 8.85. The van der Waals surface area contributed by atoms with Crippen LogP contribution in [0.4, 0.5) is 0 Å². The van der Waals surface area contributed by atoms with E-state index in [9.17, 15) is 0 Å². The maximum atomic E-state index is 5.47. The first kappa shape index (κ1) is 13.3. The zero-order valence-electron chi connectivity index (χ0n) is 9.18. The van der Waals surface area contributed by atoms with Gasteiger partial charge >= 0.3 is 0 Å². The lowest BCUT2D eigenvalue weighted by Gasteiger charge is -2.10. The number of hydrogen-bond donors (Lipinski definition) is 2. The summed E-state index contributed by atoms with van der Waals surface area (Å²) >= 11 is 2.03. The smallest absolute Gasteiger partial charge is 0.00307 e. The Balaban J connectivity index is 3.06. The van der Waals surface area contributed by atoms with Gasteiger partial charge in [0.2, 0.25) is 0 Å². The highest BCUT2D eigenvalue weighted by atomic mass is 32.2. The Morgan fingerprint density at radius 2 is 2.00 bits per heavy atom. The number of nitrogens with one attached hydrogen (secondary N) is 1. The van der Waals surface area contributed by atoms with E-state index < -0.39 is 0 Å². The van der Waals surface area contributed by atoms with Crippen LogP contribution in [0.1, 0.15) is 33.6 Å². The third-order valence-corrected chi connectivity index (χ3v) is 3.18. The van der Waals surface area contributed by atoms with E-state index in [4.69, 9.17) is 5.73 Å². The van der Waals surface area contributed by atoms with Gasteiger partial charge in [0.25, 0.3) is 0 Å². The standard InChI is InChI=1S/C10H24N2S/c1-9(2)12-7-4-8-13-10(3)5-6-11/h9-10,12H,4-8,11H2,1-3H3. The van der Waals surface area contributed by atoms with Crippen LogP contribution in [-0.4, -0.2) is 30.1 Å². The van der Waals surface area contributed by atoms with Crippen LogP contribution in [0.25, 0.3) is 0 Å². The summed E-state index contributed by atoms with van der Waals surface area (Å²) < 4.78 is 0. The highest BCUT2D eigenvalue weighted by molar-refractivity contribution is 7.99. The molecule has 0 amide bonds.